The third-order valence-electron chi connectivity index (χ3n) is 2.79. The van der Waals surface area contributed by atoms with Crippen molar-refractivity contribution in [2.75, 3.05) is 6.26 Å². The molecular weight excluding hydrogens is 280 g/mol. The molecule has 0 amide bonds. The van der Waals surface area contributed by atoms with Gasteiger partial charge in [-0.1, -0.05) is 41.1 Å². The summed E-state index contributed by atoms with van der Waals surface area (Å²) in [6.45, 7) is 2.05. The van der Waals surface area contributed by atoms with Crippen LogP contribution < -0.4 is 0 Å². The monoisotopic (exact) mass is 290 g/mol. The lowest BCUT2D eigenvalue weighted by Gasteiger charge is -2.00. The summed E-state index contributed by atoms with van der Waals surface area (Å²) in [7, 11) is 0. The molecule has 0 saturated carbocycles. The molecule has 3 aromatic rings. The number of hydrogen-bond donors (Lipinski definition) is 0. The van der Waals surface area contributed by atoms with Crippen LogP contribution in [0.4, 0.5) is 0 Å². The molecule has 96 valence electrons. The molecule has 4 nitrogen and oxygen atoms in total. The fourth-order valence-corrected chi connectivity index (χ4v) is 2.40. The zero-order valence-electron chi connectivity index (χ0n) is 10.5. The van der Waals surface area contributed by atoms with Crippen molar-refractivity contribution in [3.63, 3.8) is 0 Å². The summed E-state index contributed by atoms with van der Waals surface area (Å²) in [6.07, 6.45) is 3.76. The van der Waals surface area contributed by atoms with Crippen molar-refractivity contribution in [3.8, 4) is 5.69 Å². The Kier molecular flexibility index (Phi) is 3.16. The second kappa shape index (κ2) is 4.83. The largest absolute Gasteiger partial charge is 0.238 e. The Morgan fingerprint density at radius 3 is 2.58 bits per heavy atom. The van der Waals surface area contributed by atoms with Crippen LogP contribution in [0.2, 0.25) is 5.15 Å². The summed E-state index contributed by atoms with van der Waals surface area (Å²) in [5.41, 5.74) is 2.80. The van der Waals surface area contributed by atoms with Gasteiger partial charge in [0.25, 0.3) is 0 Å². The van der Waals surface area contributed by atoms with Crippen molar-refractivity contribution in [2.45, 2.75) is 12.1 Å². The molecule has 6 heteroatoms. The Labute approximate surface area is 119 Å². The van der Waals surface area contributed by atoms with Gasteiger partial charge in [-0.25, -0.2) is 14.6 Å². The fourth-order valence-electron chi connectivity index (χ4n) is 1.77. The van der Waals surface area contributed by atoms with Crippen LogP contribution in [0.15, 0.2) is 35.6 Å². The van der Waals surface area contributed by atoms with Crippen LogP contribution in [0.3, 0.4) is 0 Å². The molecule has 0 spiro atoms. The van der Waals surface area contributed by atoms with Crippen LogP contribution in [-0.4, -0.2) is 26.0 Å². The van der Waals surface area contributed by atoms with E-state index in [-0.39, 0.29) is 0 Å². The summed E-state index contributed by atoms with van der Waals surface area (Å²) in [4.78, 5) is 8.56. The van der Waals surface area contributed by atoms with E-state index >= 15 is 0 Å². The number of benzene rings is 1. The van der Waals surface area contributed by atoms with Crippen LogP contribution in [0, 0.1) is 6.92 Å². The number of aromatic nitrogens is 4. The van der Waals surface area contributed by atoms with Crippen LogP contribution >= 0.6 is 23.4 Å². The summed E-state index contributed by atoms with van der Waals surface area (Å²) in [5.74, 6) is 0. The second-order valence-electron chi connectivity index (χ2n) is 4.15. The average Bonchev–Trinajstić information content (AvgIpc) is 2.84. The molecule has 0 atom stereocenters. The highest BCUT2D eigenvalue weighted by molar-refractivity contribution is 7.98. The smallest absolute Gasteiger partial charge is 0.190 e. The minimum Gasteiger partial charge on any atom is -0.238 e. The molecule has 0 unspecified atom stereocenters. The SMILES string of the molecule is CSc1nc(Cl)c2cn(-c3ccc(C)cc3)nc2n1. The highest BCUT2D eigenvalue weighted by atomic mass is 35.5. The number of hydrogen-bond acceptors (Lipinski definition) is 4. The zero-order valence-corrected chi connectivity index (χ0v) is 12.0. The van der Waals surface area contributed by atoms with E-state index in [9.17, 15) is 0 Å². The Morgan fingerprint density at radius 1 is 1.16 bits per heavy atom. The van der Waals surface area contributed by atoms with Crippen molar-refractivity contribution < 1.29 is 0 Å². The summed E-state index contributed by atoms with van der Waals surface area (Å²) in [5, 5.41) is 6.28. The lowest BCUT2D eigenvalue weighted by Crippen LogP contribution is -1.94. The Hall–Kier alpha value is -1.59. The normalized spacial score (nSPS) is 11.1. The number of thioether (sulfide) groups is 1. The molecule has 19 heavy (non-hydrogen) atoms. The zero-order chi connectivity index (χ0) is 13.4. The van der Waals surface area contributed by atoms with Crippen LogP contribution in [-0.2, 0) is 0 Å². The molecule has 2 heterocycles. The van der Waals surface area contributed by atoms with Gasteiger partial charge in [-0.15, -0.1) is 5.10 Å². The predicted molar refractivity (Wildman–Crippen MR) is 78.2 cm³/mol. The van der Waals surface area contributed by atoms with Gasteiger partial charge in [0.2, 0.25) is 0 Å². The molecule has 0 radical (unpaired) electrons. The molecule has 0 aliphatic heterocycles. The Morgan fingerprint density at radius 2 is 1.89 bits per heavy atom. The Balaban J connectivity index is 2.16. The molecule has 3 rings (SSSR count). The van der Waals surface area contributed by atoms with E-state index in [1.54, 1.807) is 4.68 Å². The summed E-state index contributed by atoms with van der Waals surface area (Å²) < 4.78 is 1.77. The molecule has 1 aromatic carbocycles. The molecule has 0 N–H and O–H groups in total. The van der Waals surface area contributed by atoms with Gasteiger partial charge >= 0.3 is 0 Å². The van der Waals surface area contributed by atoms with Gasteiger partial charge in [-0.05, 0) is 25.3 Å². The van der Waals surface area contributed by atoms with E-state index in [0.717, 1.165) is 11.1 Å². The van der Waals surface area contributed by atoms with Gasteiger partial charge in [0.15, 0.2) is 10.8 Å². The highest BCUT2D eigenvalue weighted by Crippen LogP contribution is 2.23. The second-order valence-corrected chi connectivity index (χ2v) is 5.28. The van der Waals surface area contributed by atoms with Gasteiger partial charge in [0.05, 0.1) is 11.1 Å². The number of rotatable bonds is 2. The lowest BCUT2D eigenvalue weighted by molar-refractivity contribution is 0.880. The molecule has 0 aliphatic rings. The molecular formula is C13H11ClN4S. The maximum Gasteiger partial charge on any atom is 0.190 e. The number of nitrogens with zero attached hydrogens (tertiary/aromatic N) is 4. The molecule has 0 aliphatic carbocycles. The molecule has 0 saturated heterocycles. The van der Waals surface area contributed by atoms with E-state index in [4.69, 9.17) is 11.6 Å². The topological polar surface area (TPSA) is 43.6 Å². The van der Waals surface area contributed by atoms with E-state index in [1.807, 2.05) is 36.7 Å². The fraction of sp³-hybridized carbons (Fsp3) is 0.154. The van der Waals surface area contributed by atoms with E-state index < -0.39 is 0 Å². The summed E-state index contributed by atoms with van der Waals surface area (Å²) in [6, 6.07) is 8.11. The molecule has 0 fully saturated rings. The summed E-state index contributed by atoms with van der Waals surface area (Å²) >= 11 is 7.60. The first-order valence-electron chi connectivity index (χ1n) is 5.71. The van der Waals surface area contributed by atoms with E-state index in [0.29, 0.717) is 16.0 Å². The van der Waals surface area contributed by atoms with E-state index in [1.165, 1.54) is 17.3 Å². The lowest BCUT2D eigenvalue weighted by atomic mass is 10.2. The third-order valence-corrected chi connectivity index (χ3v) is 3.63. The third kappa shape index (κ3) is 2.31. The minimum atomic E-state index is 0.438. The van der Waals surface area contributed by atoms with Crippen LogP contribution in [0.1, 0.15) is 5.56 Å². The first kappa shape index (κ1) is 12.4. The standard InChI is InChI=1S/C13H11ClN4S/c1-8-3-5-9(6-4-8)18-7-10-11(14)15-13(19-2)16-12(10)17-18/h3-7H,1-2H3. The van der Waals surface area contributed by atoms with Crippen LogP contribution in [0.5, 0.6) is 0 Å². The van der Waals surface area contributed by atoms with Crippen molar-refractivity contribution in [1.29, 1.82) is 0 Å². The molecule has 2 aromatic heterocycles. The predicted octanol–water partition coefficient (Wildman–Crippen LogP) is 3.50. The quantitative estimate of drug-likeness (QED) is 0.412. The van der Waals surface area contributed by atoms with Crippen molar-refractivity contribution in [3.05, 3.63) is 41.2 Å². The van der Waals surface area contributed by atoms with Gasteiger partial charge in [-0.2, -0.15) is 0 Å². The van der Waals surface area contributed by atoms with Gasteiger partial charge < -0.3 is 0 Å². The first-order valence-corrected chi connectivity index (χ1v) is 7.31. The average molecular weight is 291 g/mol. The van der Waals surface area contributed by atoms with Crippen LogP contribution in [0.25, 0.3) is 16.7 Å². The maximum atomic E-state index is 6.15. The molecule has 0 bridgehead atoms. The minimum absolute atomic E-state index is 0.438. The van der Waals surface area contributed by atoms with Gasteiger partial charge in [-0.3, -0.25) is 0 Å². The van der Waals surface area contributed by atoms with Gasteiger partial charge in [0, 0.05) is 6.20 Å². The van der Waals surface area contributed by atoms with E-state index in [2.05, 4.69) is 22.0 Å². The highest BCUT2D eigenvalue weighted by Gasteiger charge is 2.10. The maximum absolute atomic E-state index is 6.15. The first-order chi connectivity index (χ1) is 9.17. The Bertz CT molecular complexity index is 736. The number of halogens is 1. The number of aryl methyl sites for hydroxylation is 1. The van der Waals surface area contributed by atoms with Crippen molar-refractivity contribution >= 4 is 34.4 Å². The van der Waals surface area contributed by atoms with Gasteiger partial charge in [0.1, 0.15) is 5.15 Å². The van der Waals surface area contributed by atoms with Crippen molar-refractivity contribution in [2.24, 2.45) is 0 Å². The van der Waals surface area contributed by atoms with Crippen molar-refractivity contribution in [1.82, 2.24) is 19.7 Å². The number of fused-ring (bicyclic) bond motifs is 1.